The molecular weight excluding hydrogens is 367 g/mol. The molecule has 0 spiro atoms. The summed E-state index contributed by atoms with van der Waals surface area (Å²) < 4.78 is 20.2. The van der Waals surface area contributed by atoms with Gasteiger partial charge in [-0.3, -0.25) is 9.59 Å². The number of fused-ring (bicyclic) bond motifs is 1. The van der Waals surface area contributed by atoms with Crippen molar-refractivity contribution in [3.63, 3.8) is 0 Å². The summed E-state index contributed by atoms with van der Waals surface area (Å²) in [5.74, 6) is -1.57. The summed E-state index contributed by atoms with van der Waals surface area (Å²) in [6.45, 7) is 1.94. The SMILES string of the molecule is Cc1ccc(N2CC(C(=O)OCc3nc4ccccc4s3)CC2=O)cc1F. The molecule has 0 aliphatic carbocycles. The van der Waals surface area contributed by atoms with Crippen molar-refractivity contribution in [1.82, 2.24) is 4.98 Å². The predicted molar refractivity (Wildman–Crippen MR) is 101 cm³/mol. The molecule has 27 heavy (non-hydrogen) atoms. The molecule has 3 aromatic rings. The molecule has 0 bridgehead atoms. The molecule has 7 heteroatoms. The van der Waals surface area contributed by atoms with E-state index in [9.17, 15) is 14.0 Å². The number of aryl methyl sites for hydroxylation is 1. The van der Waals surface area contributed by atoms with E-state index in [4.69, 9.17) is 4.74 Å². The van der Waals surface area contributed by atoms with Gasteiger partial charge in [0, 0.05) is 18.7 Å². The first kappa shape index (κ1) is 17.6. The third-order valence-corrected chi connectivity index (χ3v) is 5.61. The lowest BCUT2D eigenvalue weighted by Crippen LogP contribution is -2.26. The third kappa shape index (κ3) is 3.55. The fraction of sp³-hybridized carbons (Fsp3) is 0.250. The Morgan fingerprint density at radius 3 is 2.93 bits per heavy atom. The van der Waals surface area contributed by atoms with Gasteiger partial charge in [-0.25, -0.2) is 9.37 Å². The number of carbonyl (C=O) groups excluding carboxylic acids is 2. The van der Waals surface area contributed by atoms with Gasteiger partial charge in [-0.05, 0) is 36.8 Å². The Bertz CT molecular complexity index is 1000. The minimum Gasteiger partial charge on any atom is -0.458 e. The topological polar surface area (TPSA) is 59.5 Å². The average molecular weight is 384 g/mol. The summed E-state index contributed by atoms with van der Waals surface area (Å²) in [4.78, 5) is 30.5. The van der Waals surface area contributed by atoms with E-state index < -0.39 is 11.9 Å². The van der Waals surface area contributed by atoms with Crippen LogP contribution in [0.4, 0.5) is 10.1 Å². The number of hydrogen-bond donors (Lipinski definition) is 0. The van der Waals surface area contributed by atoms with Gasteiger partial charge >= 0.3 is 5.97 Å². The van der Waals surface area contributed by atoms with E-state index in [0.29, 0.717) is 16.3 Å². The molecule has 0 N–H and O–H groups in total. The Hall–Kier alpha value is -2.80. The lowest BCUT2D eigenvalue weighted by molar-refractivity contribution is -0.149. The summed E-state index contributed by atoms with van der Waals surface area (Å²) in [5, 5.41) is 0.714. The van der Waals surface area contributed by atoms with Crippen molar-refractivity contribution in [2.75, 3.05) is 11.4 Å². The smallest absolute Gasteiger partial charge is 0.311 e. The second kappa shape index (κ2) is 7.08. The largest absolute Gasteiger partial charge is 0.458 e. The zero-order valence-corrected chi connectivity index (χ0v) is 15.5. The molecule has 1 aromatic heterocycles. The number of para-hydroxylation sites is 1. The van der Waals surface area contributed by atoms with E-state index >= 15 is 0 Å². The summed E-state index contributed by atoms with van der Waals surface area (Å²) in [6.07, 6.45) is 0.0637. The molecule has 1 amide bonds. The molecular formula is C20H17FN2O3S. The minimum atomic E-state index is -0.559. The molecule has 1 fully saturated rings. The Morgan fingerprint density at radius 1 is 1.33 bits per heavy atom. The molecule has 1 aliphatic heterocycles. The molecule has 1 aliphatic rings. The van der Waals surface area contributed by atoms with Crippen molar-refractivity contribution in [3.05, 3.63) is 58.9 Å². The standard InChI is InChI=1S/C20H17FN2O3S/c1-12-6-7-14(9-15(12)21)23-10-13(8-19(23)24)20(25)26-11-18-22-16-4-2-3-5-17(16)27-18/h2-7,9,13H,8,10-11H2,1H3. The number of rotatable bonds is 4. The summed E-state index contributed by atoms with van der Waals surface area (Å²) in [6, 6.07) is 12.3. The van der Waals surface area contributed by atoms with Crippen molar-refractivity contribution in [2.24, 2.45) is 5.92 Å². The Morgan fingerprint density at radius 2 is 2.15 bits per heavy atom. The first-order valence-corrected chi connectivity index (χ1v) is 9.40. The van der Waals surface area contributed by atoms with E-state index in [1.54, 1.807) is 19.1 Å². The van der Waals surface area contributed by atoms with Crippen LogP contribution in [0.25, 0.3) is 10.2 Å². The summed E-state index contributed by atoms with van der Waals surface area (Å²) in [5.41, 5.74) is 1.85. The van der Waals surface area contributed by atoms with Crippen LogP contribution in [0.15, 0.2) is 42.5 Å². The number of benzene rings is 2. The number of thiazole rings is 1. The number of carbonyl (C=O) groups is 2. The van der Waals surface area contributed by atoms with Gasteiger partial charge in [-0.2, -0.15) is 0 Å². The van der Waals surface area contributed by atoms with Crippen LogP contribution in [0, 0.1) is 18.7 Å². The van der Waals surface area contributed by atoms with E-state index in [1.807, 2.05) is 24.3 Å². The van der Waals surface area contributed by atoms with Crippen LogP contribution >= 0.6 is 11.3 Å². The van der Waals surface area contributed by atoms with E-state index in [2.05, 4.69) is 4.98 Å². The van der Waals surface area contributed by atoms with Crippen LogP contribution in [0.1, 0.15) is 17.0 Å². The van der Waals surface area contributed by atoms with Crippen LogP contribution in [0.3, 0.4) is 0 Å². The van der Waals surface area contributed by atoms with E-state index in [-0.39, 0.29) is 31.3 Å². The zero-order chi connectivity index (χ0) is 19.0. The Labute approximate surface area is 159 Å². The number of aromatic nitrogens is 1. The molecule has 1 unspecified atom stereocenters. The average Bonchev–Trinajstić information content (AvgIpc) is 3.25. The van der Waals surface area contributed by atoms with Crippen molar-refractivity contribution in [1.29, 1.82) is 0 Å². The quantitative estimate of drug-likeness (QED) is 0.642. The van der Waals surface area contributed by atoms with Gasteiger partial charge in [0.2, 0.25) is 5.91 Å². The predicted octanol–water partition coefficient (Wildman–Crippen LogP) is 3.84. The molecule has 1 saturated heterocycles. The molecule has 0 radical (unpaired) electrons. The molecule has 0 saturated carbocycles. The second-order valence-corrected chi connectivity index (χ2v) is 7.64. The van der Waals surface area contributed by atoms with Crippen molar-refractivity contribution >= 4 is 39.1 Å². The highest BCUT2D eigenvalue weighted by Crippen LogP contribution is 2.28. The Kier molecular flexibility index (Phi) is 4.61. The fourth-order valence-electron chi connectivity index (χ4n) is 3.10. The number of nitrogens with zero attached hydrogens (tertiary/aromatic N) is 2. The van der Waals surface area contributed by atoms with Crippen LogP contribution in [0.5, 0.6) is 0 Å². The van der Waals surface area contributed by atoms with Crippen LogP contribution < -0.4 is 4.90 Å². The van der Waals surface area contributed by atoms with Crippen LogP contribution in [-0.2, 0) is 20.9 Å². The van der Waals surface area contributed by atoms with Gasteiger partial charge in [-0.1, -0.05) is 18.2 Å². The van der Waals surface area contributed by atoms with Crippen molar-refractivity contribution < 1.29 is 18.7 Å². The lowest BCUT2D eigenvalue weighted by atomic mass is 10.1. The van der Waals surface area contributed by atoms with E-state index in [0.717, 1.165) is 10.2 Å². The highest BCUT2D eigenvalue weighted by molar-refractivity contribution is 7.18. The molecule has 2 aromatic carbocycles. The number of esters is 1. The second-order valence-electron chi connectivity index (χ2n) is 6.52. The third-order valence-electron chi connectivity index (χ3n) is 4.60. The molecule has 1 atom stereocenters. The van der Waals surface area contributed by atoms with Crippen molar-refractivity contribution in [2.45, 2.75) is 20.0 Å². The summed E-state index contributed by atoms with van der Waals surface area (Å²) >= 11 is 1.48. The highest BCUT2D eigenvalue weighted by atomic mass is 32.1. The van der Waals surface area contributed by atoms with Crippen LogP contribution in [0.2, 0.25) is 0 Å². The van der Waals surface area contributed by atoms with Gasteiger partial charge in [0.25, 0.3) is 0 Å². The Balaban J connectivity index is 1.40. The number of hydrogen-bond acceptors (Lipinski definition) is 5. The van der Waals surface area contributed by atoms with Gasteiger partial charge in [-0.15, -0.1) is 11.3 Å². The van der Waals surface area contributed by atoms with E-state index in [1.165, 1.54) is 22.3 Å². The number of halogens is 1. The van der Waals surface area contributed by atoms with Gasteiger partial charge in [0.05, 0.1) is 16.1 Å². The monoisotopic (exact) mass is 384 g/mol. The molecule has 5 nitrogen and oxygen atoms in total. The lowest BCUT2D eigenvalue weighted by Gasteiger charge is -2.17. The normalized spacial score (nSPS) is 16.9. The number of anilines is 1. The van der Waals surface area contributed by atoms with Crippen LogP contribution in [-0.4, -0.2) is 23.4 Å². The number of ether oxygens (including phenoxy) is 1. The van der Waals surface area contributed by atoms with Crippen molar-refractivity contribution in [3.8, 4) is 0 Å². The summed E-state index contributed by atoms with van der Waals surface area (Å²) in [7, 11) is 0. The fourth-order valence-corrected chi connectivity index (χ4v) is 3.98. The van der Waals surface area contributed by atoms with Gasteiger partial charge in [0.1, 0.15) is 17.4 Å². The highest BCUT2D eigenvalue weighted by Gasteiger charge is 2.36. The molecule has 2 heterocycles. The molecule has 4 rings (SSSR count). The first-order valence-electron chi connectivity index (χ1n) is 8.59. The van der Waals surface area contributed by atoms with Gasteiger partial charge in [0.15, 0.2) is 0 Å². The zero-order valence-electron chi connectivity index (χ0n) is 14.6. The first-order chi connectivity index (χ1) is 13.0. The maximum atomic E-state index is 13.8. The minimum absolute atomic E-state index is 0.0637. The van der Waals surface area contributed by atoms with Gasteiger partial charge < -0.3 is 9.64 Å². The maximum Gasteiger partial charge on any atom is 0.311 e. The maximum absolute atomic E-state index is 13.8. The molecule has 138 valence electrons. The number of amides is 1.